The van der Waals surface area contributed by atoms with E-state index < -0.39 is 25.7 Å². The minimum Gasteiger partial charge on any atom is -0.352 e. The average Bonchev–Trinajstić information content (AvgIpc) is 2.99. The van der Waals surface area contributed by atoms with Gasteiger partial charge in [-0.3, -0.25) is 4.79 Å². The normalized spacial score (nSPS) is 27.4. The Kier molecular flexibility index (Phi) is 6.41. The van der Waals surface area contributed by atoms with Crippen LogP contribution in [0.25, 0.3) is 0 Å². The van der Waals surface area contributed by atoms with Crippen molar-refractivity contribution in [3.05, 3.63) is 30.1 Å². The molecule has 1 amide bonds. The maximum Gasteiger partial charge on any atom is 0.240 e. The molecule has 0 spiro atoms. The number of halogens is 1. The highest BCUT2D eigenvalue weighted by Gasteiger charge is 2.32. The predicted molar refractivity (Wildman–Crippen MR) is 102 cm³/mol. The standard InChI is InChI=1S/C18H25FN2O5S2/c19-15-5-7-17(8-6-15)28(25,26)20-11-13-1-3-14(4-2-13)18(22)21-16-9-10-27(23,24)12-16/h5-8,13-14,16,20H,1-4,9-12H2,(H,21,22)/t13?,14?,16-/m1/s1. The van der Waals surface area contributed by atoms with E-state index in [-0.39, 0.29) is 46.7 Å². The van der Waals surface area contributed by atoms with Crippen molar-refractivity contribution < 1.29 is 26.0 Å². The van der Waals surface area contributed by atoms with Crippen molar-refractivity contribution in [2.45, 2.75) is 43.0 Å². The SMILES string of the molecule is O=C(N[C@@H]1CCS(=O)(=O)C1)C1CCC(CNS(=O)(=O)c2ccc(F)cc2)CC1. The van der Waals surface area contributed by atoms with Gasteiger partial charge in [0.15, 0.2) is 9.84 Å². The van der Waals surface area contributed by atoms with Crippen LogP contribution in [0.15, 0.2) is 29.2 Å². The summed E-state index contributed by atoms with van der Waals surface area (Å²) >= 11 is 0. The van der Waals surface area contributed by atoms with Crippen LogP contribution in [0.3, 0.4) is 0 Å². The van der Waals surface area contributed by atoms with Gasteiger partial charge in [-0.2, -0.15) is 0 Å². The topological polar surface area (TPSA) is 109 Å². The molecule has 1 aromatic rings. The molecule has 0 radical (unpaired) electrons. The van der Waals surface area contributed by atoms with Crippen LogP contribution in [0.5, 0.6) is 0 Å². The van der Waals surface area contributed by atoms with Gasteiger partial charge in [0.2, 0.25) is 15.9 Å². The number of benzene rings is 1. The zero-order valence-electron chi connectivity index (χ0n) is 15.4. The first kappa shape index (κ1) is 21.2. The second kappa shape index (κ2) is 8.46. The number of carbonyl (C=O) groups is 1. The molecule has 1 saturated carbocycles. The Balaban J connectivity index is 1.44. The maximum atomic E-state index is 12.9. The van der Waals surface area contributed by atoms with E-state index in [0.29, 0.717) is 32.1 Å². The predicted octanol–water partition coefficient (Wildman–Crippen LogP) is 1.21. The lowest BCUT2D eigenvalue weighted by molar-refractivity contribution is -0.126. The molecule has 1 aliphatic heterocycles. The average molecular weight is 433 g/mol. The van der Waals surface area contributed by atoms with Crippen molar-refractivity contribution in [2.75, 3.05) is 18.1 Å². The fourth-order valence-corrected chi connectivity index (χ4v) is 6.57. The molecule has 1 saturated heterocycles. The third-order valence-corrected chi connectivity index (χ3v) is 8.69. The molecule has 0 unspecified atom stereocenters. The summed E-state index contributed by atoms with van der Waals surface area (Å²) in [7, 11) is -6.71. The summed E-state index contributed by atoms with van der Waals surface area (Å²) in [6.07, 6.45) is 3.19. The summed E-state index contributed by atoms with van der Waals surface area (Å²) in [4.78, 5) is 12.4. The van der Waals surface area contributed by atoms with Crippen LogP contribution < -0.4 is 10.0 Å². The fourth-order valence-electron chi connectivity index (χ4n) is 3.78. The Bertz CT molecular complexity index is 908. The van der Waals surface area contributed by atoms with Crippen molar-refractivity contribution in [1.29, 1.82) is 0 Å². The Morgan fingerprint density at radius 3 is 2.29 bits per heavy atom. The quantitative estimate of drug-likeness (QED) is 0.702. The molecule has 10 heteroatoms. The van der Waals surface area contributed by atoms with Crippen molar-refractivity contribution in [3.8, 4) is 0 Å². The van der Waals surface area contributed by atoms with E-state index in [9.17, 15) is 26.0 Å². The van der Waals surface area contributed by atoms with Crippen LogP contribution in [0.2, 0.25) is 0 Å². The third-order valence-electron chi connectivity index (χ3n) is 5.48. The molecule has 2 N–H and O–H groups in total. The van der Waals surface area contributed by atoms with E-state index in [1.807, 2.05) is 0 Å². The Morgan fingerprint density at radius 1 is 1.07 bits per heavy atom. The van der Waals surface area contributed by atoms with Crippen LogP contribution in [0.1, 0.15) is 32.1 Å². The van der Waals surface area contributed by atoms with E-state index in [4.69, 9.17) is 0 Å². The first-order chi connectivity index (χ1) is 13.1. The molecular weight excluding hydrogens is 407 g/mol. The molecule has 3 rings (SSSR count). The number of sulfonamides is 1. The van der Waals surface area contributed by atoms with Gasteiger partial charge in [0.25, 0.3) is 0 Å². The Hall–Kier alpha value is -1.52. The Morgan fingerprint density at radius 2 is 1.71 bits per heavy atom. The lowest BCUT2D eigenvalue weighted by atomic mass is 9.81. The minimum atomic E-state index is -3.69. The van der Waals surface area contributed by atoms with E-state index >= 15 is 0 Å². The summed E-state index contributed by atoms with van der Waals surface area (Å²) in [6, 6.07) is 4.37. The molecule has 0 bridgehead atoms. The lowest BCUT2D eigenvalue weighted by Crippen LogP contribution is -2.41. The number of nitrogens with one attached hydrogen (secondary N) is 2. The van der Waals surface area contributed by atoms with Crippen molar-refractivity contribution in [1.82, 2.24) is 10.0 Å². The van der Waals surface area contributed by atoms with E-state index in [2.05, 4.69) is 10.0 Å². The summed E-state index contributed by atoms with van der Waals surface area (Å²) in [5.74, 6) is -0.490. The second-order valence-electron chi connectivity index (χ2n) is 7.63. The first-order valence-electron chi connectivity index (χ1n) is 9.41. The van der Waals surface area contributed by atoms with E-state index in [0.717, 1.165) is 12.1 Å². The molecule has 156 valence electrons. The largest absolute Gasteiger partial charge is 0.352 e. The molecule has 0 aromatic heterocycles. The van der Waals surface area contributed by atoms with Gasteiger partial charge in [-0.25, -0.2) is 25.9 Å². The van der Waals surface area contributed by atoms with Gasteiger partial charge in [-0.05, 0) is 62.3 Å². The van der Waals surface area contributed by atoms with Crippen LogP contribution in [-0.4, -0.2) is 46.8 Å². The van der Waals surface area contributed by atoms with Crippen molar-refractivity contribution in [2.24, 2.45) is 11.8 Å². The number of hydrogen-bond acceptors (Lipinski definition) is 5. The summed E-state index contributed by atoms with van der Waals surface area (Å²) in [5.41, 5.74) is 0. The van der Waals surface area contributed by atoms with Gasteiger partial charge >= 0.3 is 0 Å². The van der Waals surface area contributed by atoms with E-state index in [1.165, 1.54) is 12.1 Å². The van der Waals surface area contributed by atoms with Crippen LogP contribution in [0, 0.1) is 17.7 Å². The van der Waals surface area contributed by atoms with E-state index in [1.54, 1.807) is 0 Å². The lowest BCUT2D eigenvalue weighted by Gasteiger charge is -2.28. The zero-order chi connectivity index (χ0) is 20.4. The minimum absolute atomic E-state index is 0.0131. The van der Waals surface area contributed by atoms with Crippen molar-refractivity contribution >= 4 is 25.8 Å². The van der Waals surface area contributed by atoms with Gasteiger partial charge in [0.1, 0.15) is 5.82 Å². The molecule has 28 heavy (non-hydrogen) atoms. The van der Waals surface area contributed by atoms with Gasteiger partial charge < -0.3 is 5.32 Å². The van der Waals surface area contributed by atoms with Crippen LogP contribution in [0.4, 0.5) is 4.39 Å². The molecule has 7 nitrogen and oxygen atoms in total. The molecule has 1 aromatic carbocycles. The van der Waals surface area contributed by atoms with Gasteiger partial charge in [0, 0.05) is 18.5 Å². The summed E-state index contributed by atoms with van der Waals surface area (Å²) in [6.45, 7) is 0.273. The number of rotatable bonds is 6. The molecule has 1 atom stereocenters. The summed E-state index contributed by atoms with van der Waals surface area (Å²) < 4.78 is 63.0. The highest BCUT2D eigenvalue weighted by atomic mass is 32.2. The van der Waals surface area contributed by atoms with Gasteiger partial charge in [0.05, 0.1) is 16.4 Å². The number of sulfone groups is 1. The Labute approximate surface area is 165 Å². The zero-order valence-corrected chi connectivity index (χ0v) is 17.1. The highest BCUT2D eigenvalue weighted by molar-refractivity contribution is 7.91. The highest BCUT2D eigenvalue weighted by Crippen LogP contribution is 2.29. The maximum absolute atomic E-state index is 12.9. The molecule has 2 aliphatic rings. The van der Waals surface area contributed by atoms with Gasteiger partial charge in [-0.15, -0.1) is 0 Å². The summed E-state index contributed by atoms with van der Waals surface area (Å²) in [5, 5.41) is 2.84. The van der Waals surface area contributed by atoms with Crippen LogP contribution >= 0.6 is 0 Å². The fraction of sp³-hybridized carbons (Fsp3) is 0.611. The van der Waals surface area contributed by atoms with Crippen molar-refractivity contribution in [3.63, 3.8) is 0 Å². The first-order valence-corrected chi connectivity index (χ1v) is 12.7. The van der Waals surface area contributed by atoms with Gasteiger partial charge in [-0.1, -0.05) is 0 Å². The second-order valence-corrected chi connectivity index (χ2v) is 11.6. The smallest absolute Gasteiger partial charge is 0.240 e. The molecular formula is C18H25FN2O5S2. The number of hydrogen-bond donors (Lipinski definition) is 2. The monoisotopic (exact) mass is 432 g/mol. The molecule has 1 aliphatic carbocycles. The van der Waals surface area contributed by atoms with Crippen LogP contribution in [-0.2, 0) is 24.7 Å². The molecule has 2 fully saturated rings. The number of carbonyl (C=O) groups excluding carboxylic acids is 1. The number of amides is 1. The third kappa shape index (κ3) is 5.51. The molecule has 1 heterocycles.